The van der Waals surface area contributed by atoms with Gasteiger partial charge >= 0.3 is 0 Å². The van der Waals surface area contributed by atoms with Gasteiger partial charge in [-0.05, 0) is 50.0 Å². The second-order valence-corrected chi connectivity index (χ2v) is 7.19. The first-order valence-corrected chi connectivity index (χ1v) is 9.28. The number of carbonyl (C=O) groups is 1. The number of hydrogen-bond acceptors (Lipinski definition) is 5. The Hall–Kier alpha value is -1.76. The van der Waals surface area contributed by atoms with Gasteiger partial charge in [0.15, 0.2) is 0 Å². The molecule has 1 fully saturated rings. The average molecular weight is 344 g/mol. The van der Waals surface area contributed by atoms with Crippen LogP contribution in [-0.2, 0) is 17.9 Å². The molecule has 0 bridgehead atoms. The summed E-state index contributed by atoms with van der Waals surface area (Å²) in [7, 11) is 2.08. The molecule has 2 N–H and O–H groups in total. The van der Waals surface area contributed by atoms with Gasteiger partial charge in [-0.25, -0.2) is 4.98 Å². The van der Waals surface area contributed by atoms with Crippen LogP contribution in [0.4, 0.5) is 5.69 Å². The molecule has 5 nitrogen and oxygen atoms in total. The molecule has 6 heteroatoms. The van der Waals surface area contributed by atoms with Gasteiger partial charge in [-0.15, -0.1) is 11.3 Å². The highest BCUT2D eigenvalue weighted by molar-refractivity contribution is 7.07. The summed E-state index contributed by atoms with van der Waals surface area (Å²) < 4.78 is 0. The van der Waals surface area contributed by atoms with Crippen LogP contribution in [0.5, 0.6) is 0 Å². The Balaban J connectivity index is 1.46. The third kappa shape index (κ3) is 5.70. The van der Waals surface area contributed by atoms with Crippen LogP contribution in [0.3, 0.4) is 0 Å². The standard InChI is InChI=1S/C18H24N4OS/c1-22(11-17-12-24-13-20-17)10-15-3-2-4-16(7-15)21-18(23)9-19-8-14-5-6-14/h2-4,7,12-14,19H,5-6,8-11H2,1H3,(H,21,23). The lowest BCUT2D eigenvalue weighted by molar-refractivity contribution is -0.115. The maximum Gasteiger partial charge on any atom is 0.238 e. The molecule has 24 heavy (non-hydrogen) atoms. The lowest BCUT2D eigenvalue weighted by atomic mass is 10.2. The molecule has 1 aromatic carbocycles. The maximum absolute atomic E-state index is 12.0. The average Bonchev–Trinajstić information content (AvgIpc) is 3.22. The molecule has 3 rings (SSSR count). The van der Waals surface area contributed by atoms with E-state index in [0.29, 0.717) is 6.54 Å². The Morgan fingerprint density at radius 3 is 3.00 bits per heavy atom. The van der Waals surface area contributed by atoms with Crippen molar-refractivity contribution in [1.82, 2.24) is 15.2 Å². The number of anilines is 1. The summed E-state index contributed by atoms with van der Waals surface area (Å²) in [5.74, 6) is 0.804. The minimum Gasteiger partial charge on any atom is -0.325 e. The molecule has 1 aliphatic carbocycles. The van der Waals surface area contributed by atoms with Crippen molar-refractivity contribution in [3.05, 3.63) is 46.4 Å². The Bertz CT molecular complexity index is 655. The Morgan fingerprint density at radius 1 is 1.38 bits per heavy atom. The van der Waals surface area contributed by atoms with Crippen LogP contribution in [0.25, 0.3) is 0 Å². The highest BCUT2D eigenvalue weighted by Crippen LogP contribution is 2.27. The molecule has 1 heterocycles. The van der Waals surface area contributed by atoms with Crippen LogP contribution in [0, 0.1) is 5.92 Å². The predicted molar refractivity (Wildman–Crippen MR) is 98.0 cm³/mol. The van der Waals surface area contributed by atoms with E-state index in [1.165, 1.54) is 18.4 Å². The fourth-order valence-electron chi connectivity index (χ4n) is 2.62. The van der Waals surface area contributed by atoms with E-state index in [9.17, 15) is 4.79 Å². The van der Waals surface area contributed by atoms with Crippen LogP contribution in [0.15, 0.2) is 35.2 Å². The molecule has 1 aliphatic rings. The number of carbonyl (C=O) groups excluding carboxylic acids is 1. The van der Waals surface area contributed by atoms with Crippen molar-refractivity contribution in [2.45, 2.75) is 25.9 Å². The first kappa shape index (κ1) is 17.1. The minimum absolute atomic E-state index is 0.0172. The number of nitrogens with zero attached hydrogens (tertiary/aromatic N) is 2. The second-order valence-electron chi connectivity index (χ2n) is 6.47. The summed E-state index contributed by atoms with van der Waals surface area (Å²) in [6.07, 6.45) is 2.59. The number of aromatic nitrogens is 1. The van der Waals surface area contributed by atoms with Crippen LogP contribution in [0.2, 0.25) is 0 Å². The largest absolute Gasteiger partial charge is 0.325 e. The summed E-state index contributed by atoms with van der Waals surface area (Å²) in [5.41, 5.74) is 4.98. The fourth-order valence-corrected chi connectivity index (χ4v) is 3.17. The van der Waals surface area contributed by atoms with E-state index in [2.05, 4.69) is 39.0 Å². The van der Waals surface area contributed by atoms with Gasteiger partial charge < -0.3 is 10.6 Å². The van der Waals surface area contributed by atoms with E-state index in [0.717, 1.165) is 36.9 Å². The predicted octanol–water partition coefficient (Wildman–Crippen LogP) is 2.71. The molecule has 0 radical (unpaired) electrons. The summed E-state index contributed by atoms with van der Waals surface area (Å²) >= 11 is 1.62. The molecule has 1 saturated carbocycles. The number of benzene rings is 1. The van der Waals surface area contributed by atoms with Gasteiger partial charge in [0, 0.05) is 24.2 Å². The number of amides is 1. The zero-order valence-electron chi connectivity index (χ0n) is 14.0. The van der Waals surface area contributed by atoms with Gasteiger partial charge in [0.05, 0.1) is 17.7 Å². The highest BCUT2D eigenvalue weighted by Gasteiger charge is 2.20. The van der Waals surface area contributed by atoms with E-state index in [1.807, 2.05) is 23.7 Å². The summed E-state index contributed by atoms with van der Waals surface area (Å²) in [5, 5.41) is 8.25. The lowest BCUT2D eigenvalue weighted by Gasteiger charge is -2.16. The molecule has 0 saturated heterocycles. The molecule has 0 unspecified atom stereocenters. The van der Waals surface area contributed by atoms with Crippen molar-refractivity contribution < 1.29 is 4.79 Å². The van der Waals surface area contributed by atoms with E-state index in [-0.39, 0.29) is 5.91 Å². The van der Waals surface area contributed by atoms with Crippen molar-refractivity contribution in [1.29, 1.82) is 0 Å². The zero-order chi connectivity index (χ0) is 16.8. The van der Waals surface area contributed by atoms with Crippen molar-refractivity contribution in [2.24, 2.45) is 5.92 Å². The van der Waals surface area contributed by atoms with Crippen LogP contribution < -0.4 is 10.6 Å². The third-order valence-corrected chi connectivity index (χ3v) is 4.63. The molecular weight excluding hydrogens is 320 g/mol. The molecule has 1 amide bonds. The third-order valence-electron chi connectivity index (χ3n) is 3.99. The first-order valence-electron chi connectivity index (χ1n) is 8.34. The van der Waals surface area contributed by atoms with Gasteiger partial charge in [0.1, 0.15) is 0 Å². The van der Waals surface area contributed by atoms with E-state index >= 15 is 0 Å². The van der Waals surface area contributed by atoms with E-state index in [4.69, 9.17) is 0 Å². The van der Waals surface area contributed by atoms with E-state index in [1.54, 1.807) is 11.3 Å². The van der Waals surface area contributed by atoms with Gasteiger partial charge in [-0.1, -0.05) is 12.1 Å². The molecule has 1 aromatic heterocycles. The quantitative estimate of drug-likeness (QED) is 0.734. The van der Waals surface area contributed by atoms with Gasteiger partial charge in [0.2, 0.25) is 5.91 Å². The zero-order valence-corrected chi connectivity index (χ0v) is 14.8. The van der Waals surface area contributed by atoms with Crippen molar-refractivity contribution >= 4 is 22.9 Å². The molecule has 0 spiro atoms. The normalized spacial score (nSPS) is 14.1. The highest BCUT2D eigenvalue weighted by atomic mass is 32.1. The number of thiazole rings is 1. The molecule has 128 valence electrons. The minimum atomic E-state index is 0.0172. The van der Waals surface area contributed by atoms with Crippen LogP contribution in [0.1, 0.15) is 24.1 Å². The molecule has 0 aliphatic heterocycles. The summed E-state index contributed by atoms with van der Waals surface area (Å²) in [6.45, 7) is 2.98. The Kier molecular flexibility index (Phi) is 5.96. The number of rotatable bonds is 9. The monoisotopic (exact) mass is 344 g/mol. The molecular formula is C18H24N4OS. The number of nitrogens with one attached hydrogen (secondary N) is 2. The van der Waals surface area contributed by atoms with Crippen LogP contribution >= 0.6 is 11.3 Å². The van der Waals surface area contributed by atoms with Crippen molar-refractivity contribution in [2.75, 3.05) is 25.5 Å². The van der Waals surface area contributed by atoms with Gasteiger partial charge in [0.25, 0.3) is 0 Å². The smallest absolute Gasteiger partial charge is 0.238 e. The van der Waals surface area contributed by atoms with Crippen molar-refractivity contribution in [3.63, 3.8) is 0 Å². The second kappa shape index (κ2) is 8.37. The lowest BCUT2D eigenvalue weighted by Crippen LogP contribution is -2.29. The maximum atomic E-state index is 12.0. The number of hydrogen-bond donors (Lipinski definition) is 2. The molecule has 0 atom stereocenters. The fraction of sp³-hybridized carbons (Fsp3) is 0.444. The SMILES string of the molecule is CN(Cc1cccc(NC(=O)CNCC2CC2)c1)Cc1cscn1. The van der Waals surface area contributed by atoms with Crippen LogP contribution in [-0.4, -0.2) is 35.9 Å². The summed E-state index contributed by atoms with van der Waals surface area (Å²) in [4.78, 5) is 18.5. The first-order chi connectivity index (χ1) is 11.7. The van der Waals surface area contributed by atoms with E-state index < -0.39 is 0 Å². The molecule has 2 aromatic rings. The topological polar surface area (TPSA) is 57.3 Å². The Morgan fingerprint density at radius 2 is 2.25 bits per heavy atom. The van der Waals surface area contributed by atoms with Gasteiger partial charge in [-0.3, -0.25) is 9.69 Å². The van der Waals surface area contributed by atoms with Crippen molar-refractivity contribution in [3.8, 4) is 0 Å². The summed E-state index contributed by atoms with van der Waals surface area (Å²) in [6, 6.07) is 8.04. The Labute approximate surface area is 147 Å². The van der Waals surface area contributed by atoms with Gasteiger partial charge in [-0.2, -0.15) is 0 Å².